The van der Waals surface area contributed by atoms with Gasteiger partial charge in [-0.15, -0.1) is 16.4 Å². The Morgan fingerprint density at radius 2 is 1.41 bits per heavy atom. The van der Waals surface area contributed by atoms with E-state index in [9.17, 15) is 0 Å². The predicted octanol–water partition coefficient (Wildman–Crippen LogP) is 10.6. The van der Waals surface area contributed by atoms with Gasteiger partial charge in [-0.25, -0.2) is 29.2 Å². The van der Waals surface area contributed by atoms with Crippen molar-refractivity contribution in [1.29, 1.82) is 0 Å². The molecule has 14 rings (SSSR count). The molecule has 0 N–H and O–H groups in total. The fourth-order valence-electron chi connectivity index (χ4n) is 10.3. The van der Waals surface area contributed by atoms with Crippen LogP contribution in [0.25, 0.3) is 34.1 Å². The topological polar surface area (TPSA) is 158 Å². The number of aromatic nitrogens is 12. The van der Waals surface area contributed by atoms with E-state index in [0.717, 1.165) is 81.2 Å². The van der Waals surface area contributed by atoms with Gasteiger partial charge in [0, 0.05) is 32.0 Å². The molecule has 11 aromatic rings. The summed E-state index contributed by atoms with van der Waals surface area (Å²) in [6.45, 7) is 15.3. The number of hydrogen-bond donors (Lipinski definition) is 0. The standard InChI is InChI=1S/C24H20N4OSi.C15H15N3S2.C12H12N4OS2.C12H15N3S2.2Al.Ga.In.4H/c29-22-17-27(19-12-6-2-7-13-19)26-24(22)28-21(18-10-4-1-5-11-18)16-23(25-28)30-20-14-8-3-9-15-20;1-10-14(15(19)11(2)20-10)18-9-16-13(17-18)8-12-6-4-3-5-7-12;1-2-3-8-4-5-16(15-8)10-11(17)14-9(13-10)12-18-6-7-19-12;1-5-7-13-11-12(3,4)10-8(15(11)14-7)9(16)6(2)17-10;;;;;;;;/h1-17,29H,30H2;3-7,9,19H,8H2,1-2H3;4-7H,2-3H2,1H3,(H,14,17);16H,5H2,1-4H3;;;;;;;;/q;;;;4*+1;;;;/p-4. The second-order valence-corrected chi connectivity index (χ2v) is 33.0. The molecule has 0 unspecified atom stereocenters. The van der Waals surface area contributed by atoms with Crippen molar-refractivity contribution in [3.63, 3.8) is 0 Å². The number of thiophene rings is 2. The number of para-hydroxylation sites is 1. The summed E-state index contributed by atoms with van der Waals surface area (Å²) in [7, 11) is 3.02. The van der Waals surface area contributed by atoms with E-state index in [1.807, 2.05) is 168 Å². The average molecular weight is 1510 g/mol. The zero-order chi connectivity index (χ0) is 62.9. The summed E-state index contributed by atoms with van der Waals surface area (Å²) in [5, 5.41) is 30.2. The normalized spacial score (nSPS) is 13.5. The second kappa shape index (κ2) is 30.7. The van der Waals surface area contributed by atoms with E-state index in [4.69, 9.17) is 21.8 Å². The third-order valence-electron chi connectivity index (χ3n) is 14.5. The summed E-state index contributed by atoms with van der Waals surface area (Å²) < 4.78 is 21.8. The van der Waals surface area contributed by atoms with Crippen molar-refractivity contribution in [2.75, 3.05) is 0 Å². The number of nitrogens with zero attached hydrogens (tertiary/aromatic N) is 14. The number of fused-ring (bicyclic) bond motifs is 3. The minimum Gasteiger partial charge on any atom is -0.647 e. The molecule has 0 amide bonds. The van der Waals surface area contributed by atoms with Crippen molar-refractivity contribution in [3.05, 3.63) is 221 Å². The van der Waals surface area contributed by atoms with E-state index in [1.165, 1.54) is 85.4 Å². The fourth-order valence-corrected chi connectivity index (χ4v) is 22.3. The zero-order valence-corrected chi connectivity index (χ0v) is 67.1. The summed E-state index contributed by atoms with van der Waals surface area (Å²) in [6.07, 6.45) is 9.39. The molecule has 4 aromatic carbocycles. The Balaban J connectivity index is 0.000000127. The van der Waals surface area contributed by atoms with Gasteiger partial charge in [0.2, 0.25) is 5.82 Å². The smallest absolute Gasteiger partial charge is 0.494 e. The number of aliphatic imine (C=N–C) groups is 2. The van der Waals surface area contributed by atoms with Gasteiger partial charge >= 0.3 is 300 Å². The molecular weight excluding hydrogens is 1440 g/mol. The van der Waals surface area contributed by atoms with Crippen LogP contribution in [-0.4, -0.2) is 154 Å². The minimum atomic E-state index is -0.713. The summed E-state index contributed by atoms with van der Waals surface area (Å²) in [4.78, 5) is 26.4. The van der Waals surface area contributed by atoms with Crippen LogP contribution in [0.4, 0.5) is 0 Å². The van der Waals surface area contributed by atoms with Crippen molar-refractivity contribution in [2.45, 2.75) is 89.4 Å². The molecule has 0 aliphatic carbocycles. The summed E-state index contributed by atoms with van der Waals surface area (Å²) in [5.74, 6) is 6.28. The Morgan fingerprint density at radius 3 is 2.08 bits per heavy atom. The Labute approximate surface area is 591 Å². The maximum atomic E-state index is 5.72. The molecule has 0 atom stereocenters. The van der Waals surface area contributed by atoms with Crippen LogP contribution in [0.5, 0.6) is 5.75 Å². The van der Waals surface area contributed by atoms with E-state index in [1.54, 1.807) is 28.2 Å². The number of rotatable bonds is 14. The van der Waals surface area contributed by atoms with Crippen molar-refractivity contribution < 1.29 is 6.64 Å². The first kappa shape index (κ1) is 66.3. The van der Waals surface area contributed by atoms with Crippen LogP contribution in [0, 0.1) is 20.8 Å². The van der Waals surface area contributed by atoms with Gasteiger partial charge in [-0.05, 0) is 39.0 Å². The molecule has 4 radical (unpaired) electrons. The summed E-state index contributed by atoms with van der Waals surface area (Å²) in [6, 6.07) is 45.5. The molecule has 7 aromatic heterocycles. The Morgan fingerprint density at radius 1 is 0.722 bits per heavy atom. The van der Waals surface area contributed by atoms with Crippen LogP contribution in [0.3, 0.4) is 0 Å². The van der Waals surface area contributed by atoms with Crippen molar-refractivity contribution >= 4 is 172 Å². The van der Waals surface area contributed by atoms with Crippen molar-refractivity contribution in [1.82, 2.24) is 58.9 Å². The van der Waals surface area contributed by atoms with Gasteiger partial charge in [0.15, 0.2) is 5.82 Å². The number of benzene rings is 4. The van der Waals surface area contributed by atoms with Crippen LogP contribution < -0.4 is 14.3 Å². The molecule has 90 heavy (non-hydrogen) atoms. The van der Waals surface area contributed by atoms with E-state index in [0.29, 0.717) is 48.1 Å². The van der Waals surface area contributed by atoms with Gasteiger partial charge in [0.25, 0.3) is 15.2 Å². The van der Waals surface area contributed by atoms with Crippen LogP contribution in [0.2, 0.25) is 0 Å². The first-order valence-electron chi connectivity index (χ1n) is 28.9. The van der Waals surface area contributed by atoms with Gasteiger partial charge in [-0.3, -0.25) is 0 Å². The van der Waals surface area contributed by atoms with Crippen LogP contribution >= 0.6 is 66.0 Å². The number of thioether (sulfide) groups is 2. The molecule has 16 nitrogen and oxygen atoms in total. The molecule has 3 aliphatic rings. The van der Waals surface area contributed by atoms with Gasteiger partial charge < -0.3 is 3.79 Å². The maximum absolute atomic E-state index is 5.72. The molecule has 0 bridgehead atoms. The molecule has 3 aliphatic heterocycles. The summed E-state index contributed by atoms with van der Waals surface area (Å²) >= 11 is 11.9. The molecule has 27 heteroatoms. The molecule has 448 valence electrons. The largest absolute Gasteiger partial charge is 0.647 e. The maximum Gasteiger partial charge on any atom is 0.494 e. The fraction of sp³-hybridized carbons (Fsp3) is 0.190. The first-order chi connectivity index (χ1) is 43.8. The number of hydrogen-bond acceptors (Lipinski definition) is 17. The Hall–Kier alpha value is -5.20. The zero-order valence-electron chi connectivity index (χ0n) is 51.0. The van der Waals surface area contributed by atoms with Crippen LogP contribution in [0.1, 0.15) is 82.4 Å². The predicted molar refractivity (Wildman–Crippen MR) is 384 cm³/mol. The molecule has 0 saturated heterocycles. The third kappa shape index (κ3) is 14.9. The van der Waals surface area contributed by atoms with Crippen LogP contribution in [-0.2, 0) is 27.5 Å². The molecular formula is C63H62Al2GaInN14O2S6Si. The molecule has 0 fully saturated rings. The van der Waals surface area contributed by atoms with Gasteiger partial charge in [-0.1, -0.05) is 91.0 Å². The van der Waals surface area contributed by atoms with Crippen LogP contribution in [0.15, 0.2) is 193 Å². The molecule has 0 spiro atoms. The van der Waals surface area contributed by atoms with Gasteiger partial charge in [-0.2, -0.15) is 10.2 Å². The van der Waals surface area contributed by atoms with Crippen molar-refractivity contribution in [3.8, 4) is 39.9 Å². The van der Waals surface area contributed by atoms with Gasteiger partial charge in [0.1, 0.15) is 21.1 Å². The van der Waals surface area contributed by atoms with Gasteiger partial charge in [0.05, 0.1) is 28.7 Å². The quantitative estimate of drug-likeness (QED) is 0.0948. The SMILES string of the molecule is CCCc1ccn(C2=NC(=C3SC=CS3)N=C2[O][InH])n1.CCc1nc2n(n1)-c1c(sc(C)c1[S][AlH])C2(C)C.Cc1sc(C)c(-n2cnc(Cc3ccccc3)n2)c1[S][GaH].[AlH][O]c1cn(-c2ccccc2)nc1-n1nc([SiH2]c2ccccc2)cc1-c1ccccc1. The third-order valence-corrected chi connectivity index (χ3v) is 26.3. The first-order valence-corrected chi connectivity index (χ1v) is 43.3. The molecule has 10 heterocycles. The monoisotopic (exact) mass is 1500 g/mol. The van der Waals surface area contributed by atoms with Crippen molar-refractivity contribution in [2.24, 2.45) is 9.98 Å². The minimum absolute atomic E-state index is 0.0116. The Kier molecular flexibility index (Phi) is 22.6. The molecule has 0 saturated carbocycles. The average Bonchev–Trinajstić information content (AvgIpc) is 1.56. The van der Waals surface area contributed by atoms with E-state index >= 15 is 0 Å². The van der Waals surface area contributed by atoms with E-state index < -0.39 is 9.52 Å². The van der Waals surface area contributed by atoms with E-state index in [2.05, 4.69) is 150 Å². The second-order valence-electron chi connectivity index (χ2n) is 21.2. The number of aryl methyl sites for hydroxylation is 5. The van der Waals surface area contributed by atoms with E-state index in [-0.39, 0.29) is 5.41 Å². The summed E-state index contributed by atoms with van der Waals surface area (Å²) in [5.41, 5.74) is 7.87. The Bertz CT molecular complexity index is 4400.